The van der Waals surface area contributed by atoms with E-state index >= 15 is 0 Å². The predicted molar refractivity (Wildman–Crippen MR) is 75.7 cm³/mol. The summed E-state index contributed by atoms with van der Waals surface area (Å²) < 4.78 is 4.63. The largest absolute Gasteiger partial charge is 0.466 e. The van der Waals surface area contributed by atoms with Crippen molar-refractivity contribution >= 4 is 11.8 Å². The van der Waals surface area contributed by atoms with E-state index in [2.05, 4.69) is 25.5 Å². The van der Waals surface area contributed by atoms with Gasteiger partial charge in [-0.05, 0) is 37.5 Å². The molecule has 1 rings (SSSR count). The van der Waals surface area contributed by atoms with Crippen LogP contribution in [0.4, 0.5) is 0 Å². The van der Waals surface area contributed by atoms with Crippen LogP contribution in [0.3, 0.4) is 0 Å². The van der Waals surface area contributed by atoms with Crippen molar-refractivity contribution < 1.29 is 14.3 Å². The van der Waals surface area contributed by atoms with Gasteiger partial charge < -0.3 is 4.74 Å². The highest BCUT2D eigenvalue weighted by atomic mass is 16.5. The first-order valence-electron chi connectivity index (χ1n) is 7.09. The van der Waals surface area contributed by atoms with Crippen molar-refractivity contribution in [2.45, 2.75) is 53.4 Å². The van der Waals surface area contributed by atoms with Crippen molar-refractivity contribution in [3.8, 4) is 0 Å². The number of Topliss-reactive ketones (excluding diaryl/α,β-unsaturated/α-hetero) is 1. The topological polar surface area (TPSA) is 43.4 Å². The molecule has 0 unspecified atom stereocenters. The maximum absolute atomic E-state index is 11.9. The van der Waals surface area contributed by atoms with Crippen molar-refractivity contribution in [2.24, 2.45) is 17.3 Å². The predicted octanol–water partition coefficient (Wildman–Crippen LogP) is 3.53. The van der Waals surface area contributed by atoms with E-state index in [0.717, 1.165) is 31.3 Å². The Bertz CT molecular complexity index is 383. The molecule has 1 saturated carbocycles. The standard InChI is InChI=1S/C16H26O3/c1-11(10-15(18)19-5)8-9-16(4)12(2)6-7-14(17)13(16)3/h10,12-13H,6-9H2,1-5H3/b11-10+/t12-,13+,16+/m1/s1. The number of ketones is 1. The van der Waals surface area contributed by atoms with Gasteiger partial charge in [0.25, 0.3) is 0 Å². The molecule has 19 heavy (non-hydrogen) atoms. The molecule has 0 heterocycles. The van der Waals surface area contributed by atoms with Gasteiger partial charge in [-0.25, -0.2) is 4.79 Å². The van der Waals surface area contributed by atoms with Gasteiger partial charge in [0.15, 0.2) is 0 Å². The van der Waals surface area contributed by atoms with Gasteiger partial charge in [0.05, 0.1) is 7.11 Å². The Morgan fingerprint density at radius 3 is 2.68 bits per heavy atom. The Balaban J connectivity index is 2.70. The zero-order valence-corrected chi connectivity index (χ0v) is 12.8. The van der Waals surface area contributed by atoms with Crippen LogP contribution in [0.2, 0.25) is 0 Å². The minimum absolute atomic E-state index is 0.0422. The van der Waals surface area contributed by atoms with Crippen LogP contribution in [0, 0.1) is 17.3 Å². The van der Waals surface area contributed by atoms with E-state index in [1.54, 1.807) is 6.08 Å². The van der Waals surface area contributed by atoms with E-state index < -0.39 is 0 Å². The van der Waals surface area contributed by atoms with E-state index in [4.69, 9.17) is 0 Å². The first-order valence-corrected chi connectivity index (χ1v) is 7.09. The molecule has 3 atom stereocenters. The number of carbonyl (C=O) groups is 2. The number of rotatable bonds is 4. The molecule has 0 saturated heterocycles. The molecule has 0 radical (unpaired) electrons. The second kappa shape index (κ2) is 6.36. The molecule has 0 aromatic carbocycles. The molecule has 0 aromatic heterocycles. The van der Waals surface area contributed by atoms with Gasteiger partial charge >= 0.3 is 5.97 Å². The minimum Gasteiger partial charge on any atom is -0.466 e. The SMILES string of the molecule is COC(=O)/C=C(\C)CC[C@@]1(C)[C@H](C)CCC(=O)[C@@H]1C. The highest BCUT2D eigenvalue weighted by molar-refractivity contribution is 5.83. The van der Waals surface area contributed by atoms with E-state index in [1.165, 1.54) is 7.11 Å². The number of hydrogen-bond acceptors (Lipinski definition) is 3. The van der Waals surface area contributed by atoms with Crippen LogP contribution in [-0.4, -0.2) is 18.9 Å². The fraction of sp³-hybridized carbons (Fsp3) is 0.750. The third kappa shape index (κ3) is 3.68. The van der Waals surface area contributed by atoms with Gasteiger partial charge in [-0.15, -0.1) is 0 Å². The lowest BCUT2D eigenvalue weighted by Gasteiger charge is -2.44. The number of hydrogen-bond donors (Lipinski definition) is 0. The summed E-state index contributed by atoms with van der Waals surface area (Å²) in [6, 6.07) is 0. The van der Waals surface area contributed by atoms with Gasteiger partial charge in [0.1, 0.15) is 5.78 Å². The number of ether oxygens (including phenoxy) is 1. The highest BCUT2D eigenvalue weighted by Crippen LogP contribution is 2.47. The summed E-state index contributed by atoms with van der Waals surface area (Å²) >= 11 is 0. The Labute approximate surface area is 116 Å². The van der Waals surface area contributed by atoms with E-state index in [0.29, 0.717) is 11.7 Å². The molecule has 1 aliphatic rings. The van der Waals surface area contributed by atoms with Crippen molar-refractivity contribution in [2.75, 3.05) is 7.11 Å². The lowest BCUT2D eigenvalue weighted by atomic mass is 9.59. The Kier molecular flexibility index (Phi) is 5.33. The number of methoxy groups -OCH3 is 1. The Morgan fingerprint density at radius 2 is 2.11 bits per heavy atom. The second-order valence-electron chi connectivity index (χ2n) is 6.15. The van der Waals surface area contributed by atoms with Gasteiger partial charge in [-0.3, -0.25) is 4.79 Å². The molecule has 0 N–H and O–H groups in total. The number of carbonyl (C=O) groups excluding carboxylic acids is 2. The van der Waals surface area contributed by atoms with Crippen LogP contribution in [0.1, 0.15) is 53.4 Å². The molecule has 0 bridgehead atoms. The molecular formula is C16H26O3. The Hall–Kier alpha value is -1.12. The third-order valence-corrected chi connectivity index (χ3v) is 5.05. The Morgan fingerprint density at radius 1 is 1.47 bits per heavy atom. The van der Waals surface area contributed by atoms with Gasteiger partial charge in [-0.2, -0.15) is 0 Å². The van der Waals surface area contributed by atoms with Gasteiger partial charge in [0, 0.05) is 18.4 Å². The molecule has 0 spiro atoms. The third-order valence-electron chi connectivity index (χ3n) is 5.05. The molecule has 1 fully saturated rings. The molecule has 0 aliphatic heterocycles. The van der Waals surface area contributed by atoms with Crippen molar-refractivity contribution in [3.05, 3.63) is 11.6 Å². The smallest absolute Gasteiger partial charge is 0.330 e. The number of allylic oxidation sites excluding steroid dienone is 1. The average molecular weight is 266 g/mol. The quantitative estimate of drug-likeness (QED) is 0.577. The average Bonchev–Trinajstić information content (AvgIpc) is 2.38. The maximum Gasteiger partial charge on any atom is 0.330 e. The first-order chi connectivity index (χ1) is 8.81. The summed E-state index contributed by atoms with van der Waals surface area (Å²) in [5.74, 6) is 0.743. The molecule has 0 amide bonds. The van der Waals surface area contributed by atoms with E-state index in [1.807, 2.05) is 6.92 Å². The summed E-state index contributed by atoms with van der Waals surface area (Å²) in [5, 5.41) is 0. The first kappa shape index (κ1) is 15.9. The van der Waals surface area contributed by atoms with Gasteiger partial charge in [-0.1, -0.05) is 26.3 Å². The van der Waals surface area contributed by atoms with E-state index in [-0.39, 0.29) is 17.3 Å². The maximum atomic E-state index is 11.9. The molecule has 108 valence electrons. The van der Waals surface area contributed by atoms with Crippen molar-refractivity contribution in [1.82, 2.24) is 0 Å². The summed E-state index contributed by atoms with van der Waals surface area (Å²) in [6.45, 7) is 8.45. The molecule has 3 nitrogen and oxygen atoms in total. The summed E-state index contributed by atoms with van der Waals surface area (Å²) in [6.07, 6.45) is 5.03. The zero-order chi connectivity index (χ0) is 14.6. The van der Waals surface area contributed by atoms with Crippen LogP contribution in [0.5, 0.6) is 0 Å². The lowest BCUT2D eigenvalue weighted by Crippen LogP contribution is -2.41. The van der Waals surface area contributed by atoms with Crippen LogP contribution in [0.15, 0.2) is 11.6 Å². The molecule has 0 aromatic rings. The second-order valence-corrected chi connectivity index (χ2v) is 6.15. The van der Waals surface area contributed by atoms with E-state index in [9.17, 15) is 9.59 Å². The fourth-order valence-electron chi connectivity index (χ4n) is 2.96. The zero-order valence-electron chi connectivity index (χ0n) is 12.8. The van der Waals surface area contributed by atoms with Crippen molar-refractivity contribution in [1.29, 1.82) is 0 Å². The van der Waals surface area contributed by atoms with Crippen LogP contribution in [-0.2, 0) is 14.3 Å². The number of esters is 1. The highest BCUT2D eigenvalue weighted by Gasteiger charge is 2.42. The van der Waals surface area contributed by atoms with Gasteiger partial charge in [0.2, 0.25) is 0 Å². The monoisotopic (exact) mass is 266 g/mol. The summed E-state index contributed by atoms with van der Waals surface area (Å²) in [5.41, 5.74) is 1.06. The van der Waals surface area contributed by atoms with Crippen LogP contribution < -0.4 is 0 Å². The fourth-order valence-corrected chi connectivity index (χ4v) is 2.96. The molecule has 1 aliphatic carbocycles. The molecular weight excluding hydrogens is 240 g/mol. The lowest BCUT2D eigenvalue weighted by molar-refractivity contribution is -0.135. The minimum atomic E-state index is -0.302. The summed E-state index contributed by atoms with van der Waals surface area (Å²) in [7, 11) is 1.39. The van der Waals surface area contributed by atoms with Crippen LogP contribution >= 0.6 is 0 Å². The normalized spacial score (nSPS) is 32.3. The molecule has 3 heteroatoms. The van der Waals surface area contributed by atoms with Crippen LogP contribution in [0.25, 0.3) is 0 Å². The van der Waals surface area contributed by atoms with Crippen molar-refractivity contribution in [3.63, 3.8) is 0 Å². The summed E-state index contributed by atoms with van der Waals surface area (Å²) in [4.78, 5) is 23.1.